The van der Waals surface area contributed by atoms with Crippen LogP contribution in [0.5, 0.6) is 0 Å². The molecule has 1 spiro atoms. The van der Waals surface area contributed by atoms with Crippen molar-refractivity contribution in [1.82, 2.24) is 10.2 Å². The zero-order valence-electron chi connectivity index (χ0n) is 12.2. The number of nitrogens with zero attached hydrogens (tertiary/aromatic N) is 1. The van der Waals surface area contributed by atoms with Crippen LogP contribution in [0.25, 0.3) is 0 Å². The Morgan fingerprint density at radius 1 is 1.28 bits per heavy atom. The minimum absolute atomic E-state index is 0.282. The third-order valence-electron chi connectivity index (χ3n) is 4.61. The van der Waals surface area contributed by atoms with Crippen LogP contribution in [0, 0.1) is 0 Å². The van der Waals surface area contributed by atoms with Crippen molar-refractivity contribution in [3.05, 3.63) is 0 Å². The van der Waals surface area contributed by atoms with Gasteiger partial charge in [0.15, 0.2) is 0 Å². The molecule has 0 aromatic carbocycles. The van der Waals surface area contributed by atoms with Gasteiger partial charge in [-0.05, 0) is 51.6 Å². The smallest absolute Gasteiger partial charge is 0.0697 e. The van der Waals surface area contributed by atoms with E-state index in [-0.39, 0.29) is 5.60 Å². The first-order valence-corrected chi connectivity index (χ1v) is 7.88. The van der Waals surface area contributed by atoms with Crippen LogP contribution in [0.1, 0.15) is 52.4 Å². The van der Waals surface area contributed by atoms with Crippen molar-refractivity contribution in [1.29, 1.82) is 0 Å². The number of rotatable bonds is 7. The third-order valence-corrected chi connectivity index (χ3v) is 4.61. The Morgan fingerprint density at radius 3 is 2.72 bits per heavy atom. The van der Waals surface area contributed by atoms with Gasteiger partial charge in [0.05, 0.1) is 5.60 Å². The lowest BCUT2D eigenvalue weighted by Gasteiger charge is -2.47. The molecule has 1 atom stereocenters. The lowest BCUT2D eigenvalue weighted by molar-refractivity contribution is -0.135. The van der Waals surface area contributed by atoms with Crippen molar-refractivity contribution in [2.75, 3.05) is 32.8 Å². The molecule has 2 fully saturated rings. The van der Waals surface area contributed by atoms with Crippen LogP contribution in [-0.2, 0) is 4.74 Å². The predicted molar refractivity (Wildman–Crippen MR) is 76.0 cm³/mol. The molecule has 0 aromatic heterocycles. The van der Waals surface area contributed by atoms with E-state index in [1.807, 2.05) is 0 Å². The second-order valence-corrected chi connectivity index (χ2v) is 5.96. The van der Waals surface area contributed by atoms with E-state index in [1.54, 1.807) is 0 Å². The van der Waals surface area contributed by atoms with E-state index in [0.717, 1.165) is 13.2 Å². The van der Waals surface area contributed by atoms with E-state index >= 15 is 0 Å². The van der Waals surface area contributed by atoms with Crippen molar-refractivity contribution in [3.63, 3.8) is 0 Å². The molecule has 1 saturated heterocycles. The highest BCUT2D eigenvalue weighted by atomic mass is 16.5. The van der Waals surface area contributed by atoms with Gasteiger partial charge in [-0.2, -0.15) is 0 Å². The highest BCUT2D eigenvalue weighted by Gasteiger charge is 2.42. The average molecular weight is 254 g/mol. The fraction of sp³-hybridized carbons (Fsp3) is 1.00. The third kappa shape index (κ3) is 3.69. The number of hydrogen-bond donors (Lipinski definition) is 1. The zero-order chi connectivity index (χ0) is 12.8. The Labute approximate surface area is 112 Å². The van der Waals surface area contributed by atoms with Gasteiger partial charge < -0.3 is 15.0 Å². The molecule has 0 amide bonds. The van der Waals surface area contributed by atoms with Crippen LogP contribution in [0.2, 0.25) is 0 Å². The van der Waals surface area contributed by atoms with E-state index in [4.69, 9.17) is 4.74 Å². The molecular weight excluding hydrogens is 224 g/mol. The van der Waals surface area contributed by atoms with Gasteiger partial charge in [-0.15, -0.1) is 0 Å². The molecule has 0 aromatic rings. The highest BCUT2D eigenvalue weighted by Crippen LogP contribution is 2.42. The largest absolute Gasteiger partial charge is 0.375 e. The van der Waals surface area contributed by atoms with Gasteiger partial charge >= 0.3 is 0 Å². The number of likely N-dealkylation sites (N-methyl/N-ethyl adjacent to an activating group) is 1. The van der Waals surface area contributed by atoms with E-state index in [0.29, 0.717) is 6.04 Å². The van der Waals surface area contributed by atoms with Crippen LogP contribution in [0.15, 0.2) is 0 Å². The van der Waals surface area contributed by atoms with E-state index in [1.165, 1.54) is 58.2 Å². The molecule has 18 heavy (non-hydrogen) atoms. The summed E-state index contributed by atoms with van der Waals surface area (Å²) in [5.41, 5.74) is 0.282. The Morgan fingerprint density at radius 2 is 2.11 bits per heavy atom. The minimum atomic E-state index is 0.282. The normalized spacial score (nSPS) is 26.5. The summed E-state index contributed by atoms with van der Waals surface area (Å²) in [6.07, 6.45) is 7.65. The molecule has 0 radical (unpaired) electrons. The first kappa shape index (κ1) is 14.3. The topological polar surface area (TPSA) is 24.5 Å². The summed E-state index contributed by atoms with van der Waals surface area (Å²) >= 11 is 0. The molecule has 2 aliphatic rings. The molecule has 1 unspecified atom stereocenters. The Kier molecular flexibility index (Phi) is 5.46. The lowest BCUT2D eigenvalue weighted by Crippen LogP contribution is -2.51. The maximum absolute atomic E-state index is 5.97. The van der Waals surface area contributed by atoms with E-state index in [2.05, 4.69) is 24.1 Å². The lowest BCUT2D eigenvalue weighted by atomic mass is 9.74. The SMILES string of the molecule is CCCN(CC)CCNC1CCOC2(CCC2)C1. The van der Waals surface area contributed by atoms with Crippen molar-refractivity contribution in [2.24, 2.45) is 0 Å². The summed E-state index contributed by atoms with van der Waals surface area (Å²) < 4.78 is 5.97. The summed E-state index contributed by atoms with van der Waals surface area (Å²) in [4.78, 5) is 2.53. The fourth-order valence-electron chi connectivity index (χ4n) is 3.29. The van der Waals surface area contributed by atoms with Crippen LogP contribution >= 0.6 is 0 Å². The molecular formula is C15H30N2O. The summed E-state index contributed by atoms with van der Waals surface area (Å²) in [6, 6.07) is 0.694. The molecule has 1 aliphatic heterocycles. The standard InChI is InChI=1S/C15H30N2O/c1-3-10-17(4-2)11-9-16-14-6-12-18-15(13-14)7-5-8-15/h14,16H,3-13H2,1-2H3. The average Bonchev–Trinajstić information content (AvgIpc) is 2.36. The van der Waals surface area contributed by atoms with Crippen molar-refractivity contribution in [2.45, 2.75) is 64.0 Å². The van der Waals surface area contributed by atoms with Crippen LogP contribution < -0.4 is 5.32 Å². The summed E-state index contributed by atoms with van der Waals surface area (Å²) in [7, 11) is 0. The van der Waals surface area contributed by atoms with Crippen LogP contribution in [-0.4, -0.2) is 49.3 Å². The first-order valence-electron chi connectivity index (χ1n) is 7.88. The van der Waals surface area contributed by atoms with Gasteiger partial charge in [-0.1, -0.05) is 13.8 Å². The van der Waals surface area contributed by atoms with Crippen molar-refractivity contribution >= 4 is 0 Å². The molecule has 1 saturated carbocycles. The summed E-state index contributed by atoms with van der Waals surface area (Å²) in [5, 5.41) is 3.75. The summed E-state index contributed by atoms with van der Waals surface area (Å²) in [6.45, 7) is 10.2. The molecule has 2 rings (SSSR count). The Balaban J connectivity index is 1.63. The minimum Gasteiger partial charge on any atom is -0.375 e. The van der Waals surface area contributed by atoms with Gasteiger partial charge in [-0.3, -0.25) is 0 Å². The molecule has 1 N–H and O–H groups in total. The molecule has 0 bridgehead atoms. The monoisotopic (exact) mass is 254 g/mol. The number of nitrogens with one attached hydrogen (secondary N) is 1. The predicted octanol–water partition coefficient (Wildman–Crippen LogP) is 2.41. The van der Waals surface area contributed by atoms with Gasteiger partial charge in [-0.25, -0.2) is 0 Å². The van der Waals surface area contributed by atoms with Crippen molar-refractivity contribution < 1.29 is 4.74 Å². The van der Waals surface area contributed by atoms with Crippen LogP contribution in [0.4, 0.5) is 0 Å². The number of hydrogen-bond acceptors (Lipinski definition) is 3. The molecule has 3 heteroatoms. The number of ether oxygens (including phenoxy) is 1. The Hall–Kier alpha value is -0.120. The Bertz CT molecular complexity index is 241. The molecule has 106 valence electrons. The maximum Gasteiger partial charge on any atom is 0.0697 e. The quantitative estimate of drug-likeness (QED) is 0.755. The fourth-order valence-corrected chi connectivity index (χ4v) is 3.29. The zero-order valence-corrected chi connectivity index (χ0v) is 12.2. The molecule has 3 nitrogen and oxygen atoms in total. The van der Waals surface area contributed by atoms with E-state index in [9.17, 15) is 0 Å². The maximum atomic E-state index is 5.97. The van der Waals surface area contributed by atoms with Gasteiger partial charge in [0.2, 0.25) is 0 Å². The second-order valence-electron chi connectivity index (χ2n) is 5.96. The molecule has 1 aliphatic carbocycles. The molecule has 1 heterocycles. The van der Waals surface area contributed by atoms with Gasteiger partial charge in [0, 0.05) is 25.7 Å². The second kappa shape index (κ2) is 6.88. The van der Waals surface area contributed by atoms with Crippen LogP contribution in [0.3, 0.4) is 0 Å². The summed E-state index contributed by atoms with van der Waals surface area (Å²) in [5.74, 6) is 0. The van der Waals surface area contributed by atoms with Crippen molar-refractivity contribution in [3.8, 4) is 0 Å². The van der Waals surface area contributed by atoms with Gasteiger partial charge in [0.25, 0.3) is 0 Å². The van der Waals surface area contributed by atoms with E-state index < -0.39 is 0 Å². The highest BCUT2D eigenvalue weighted by molar-refractivity contribution is 4.96. The van der Waals surface area contributed by atoms with Gasteiger partial charge in [0.1, 0.15) is 0 Å². The first-order chi connectivity index (χ1) is 8.78.